The molecule has 0 amide bonds. The average Bonchev–Trinajstić information content (AvgIpc) is 2.74. The molecule has 1 aliphatic heterocycles. The summed E-state index contributed by atoms with van der Waals surface area (Å²) >= 11 is 0. The van der Waals surface area contributed by atoms with Crippen molar-refractivity contribution in [3.05, 3.63) is 59.2 Å². The van der Waals surface area contributed by atoms with Gasteiger partial charge in [0.25, 0.3) is 0 Å². The molecule has 150 valence electrons. The van der Waals surface area contributed by atoms with Crippen LogP contribution < -0.4 is 9.64 Å². The summed E-state index contributed by atoms with van der Waals surface area (Å²) in [7, 11) is 1.77. The van der Waals surface area contributed by atoms with Crippen LogP contribution in [-0.4, -0.2) is 44.2 Å². The van der Waals surface area contributed by atoms with Crippen LogP contribution in [0, 0.1) is 13.8 Å². The van der Waals surface area contributed by atoms with E-state index in [1.165, 1.54) is 42.5 Å². The van der Waals surface area contributed by atoms with Gasteiger partial charge in [0.1, 0.15) is 5.75 Å². The summed E-state index contributed by atoms with van der Waals surface area (Å²) in [4.78, 5) is 5.22. The van der Waals surface area contributed by atoms with Crippen LogP contribution in [0.25, 0.3) is 0 Å². The van der Waals surface area contributed by atoms with Crippen LogP contribution in [0.2, 0.25) is 0 Å². The lowest BCUT2D eigenvalue weighted by Gasteiger charge is -2.43. The van der Waals surface area contributed by atoms with Gasteiger partial charge < -0.3 is 9.64 Å². The number of hydrogen-bond donors (Lipinski definition) is 0. The summed E-state index contributed by atoms with van der Waals surface area (Å²) in [5.74, 6) is 1.75. The lowest BCUT2D eigenvalue weighted by Crippen LogP contribution is -2.51. The molecule has 0 aromatic heterocycles. The Balaban J connectivity index is 1.32. The average molecular weight is 379 g/mol. The second-order valence-electron chi connectivity index (χ2n) is 8.56. The Hall–Kier alpha value is -2.00. The first kappa shape index (κ1) is 19.3. The van der Waals surface area contributed by atoms with E-state index in [4.69, 9.17) is 4.74 Å². The van der Waals surface area contributed by atoms with Gasteiger partial charge >= 0.3 is 0 Å². The second-order valence-corrected chi connectivity index (χ2v) is 8.56. The number of methoxy groups -OCH3 is 1. The Labute approximate surface area is 170 Å². The van der Waals surface area contributed by atoms with Gasteiger partial charge in [0.2, 0.25) is 0 Å². The molecule has 28 heavy (non-hydrogen) atoms. The number of rotatable bonds is 4. The molecule has 2 fully saturated rings. The Morgan fingerprint density at radius 3 is 2.25 bits per heavy atom. The first-order chi connectivity index (χ1) is 13.7. The normalized spacial score (nSPS) is 23.6. The highest BCUT2D eigenvalue weighted by Crippen LogP contribution is 2.37. The summed E-state index contributed by atoms with van der Waals surface area (Å²) < 4.78 is 5.56. The summed E-state index contributed by atoms with van der Waals surface area (Å²) in [6.07, 6.45) is 5.35. The van der Waals surface area contributed by atoms with Gasteiger partial charge in [0.05, 0.1) is 12.8 Å². The summed E-state index contributed by atoms with van der Waals surface area (Å²) in [6, 6.07) is 16.2. The fourth-order valence-corrected chi connectivity index (χ4v) is 5.25. The number of ether oxygens (including phenoxy) is 1. The maximum Gasteiger partial charge on any atom is 0.142 e. The van der Waals surface area contributed by atoms with Gasteiger partial charge in [0.15, 0.2) is 0 Å². The van der Waals surface area contributed by atoms with E-state index in [-0.39, 0.29) is 0 Å². The molecule has 0 spiro atoms. The fraction of sp³-hybridized carbons (Fsp3) is 0.520. The maximum absolute atomic E-state index is 5.56. The van der Waals surface area contributed by atoms with Gasteiger partial charge in [-0.15, -0.1) is 0 Å². The van der Waals surface area contributed by atoms with E-state index < -0.39 is 0 Å². The quantitative estimate of drug-likeness (QED) is 0.731. The molecule has 2 aliphatic rings. The number of hydrogen-bond acceptors (Lipinski definition) is 3. The lowest BCUT2D eigenvalue weighted by molar-refractivity contribution is 0.141. The number of para-hydroxylation sites is 2. The lowest BCUT2D eigenvalue weighted by atomic mass is 9.79. The minimum atomic E-state index is 0.756. The van der Waals surface area contributed by atoms with Crippen molar-refractivity contribution in [1.29, 1.82) is 0 Å². The zero-order chi connectivity index (χ0) is 19.5. The number of benzene rings is 2. The van der Waals surface area contributed by atoms with Crippen LogP contribution in [0.5, 0.6) is 5.75 Å². The molecule has 0 radical (unpaired) electrons. The zero-order valence-electron chi connectivity index (χ0n) is 17.7. The number of anilines is 1. The molecule has 2 aromatic carbocycles. The van der Waals surface area contributed by atoms with Crippen LogP contribution in [-0.2, 0) is 0 Å². The van der Waals surface area contributed by atoms with Crippen molar-refractivity contribution >= 4 is 5.69 Å². The van der Waals surface area contributed by atoms with E-state index in [1.54, 1.807) is 12.7 Å². The molecule has 0 atom stereocenters. The number of aryl methyl sites for hydroxylation is 2. The first-order valence-corrected chi connectivity index (χ1v) is 10.8. The third-order valence-electron chi connectivity index (χ3n) is 6.82. The van der Waals surface area contributed by atoms with E-state index >= 15 is 0 Å². The molecular weight excluding hydrogens is 344 g/mol. The van der Waals surface area contributed by atoms with E-state index in [0.717, 1.165) is 43.9 Å². The van der Waals surface area contributed by atoms with Crippen molar-refractivity contribution in [3.8, 4) is 5.75 Å². The SMILES string of the molecule is COc1ccccc1N1CCN(C2CCC(c3ccc(C)cc3C)CC2)CC1. The van der Waals surface area contributed by atoms with Crippen LogP contribution in [0.15, 0.2) is 42.5 Å². The van der Waals surface area contributed by atoms with Crippen molar-refractivity contribution in [2.75, 3.05) is 38.2 Å². The van der Waals surface area contributed by atoms with Gasteiger partial charge in [-0.3, -0.25) is 4.90 Å². The van der Waals surface area contributed by atoms with Crippen LogP contribution in [0.1, 0.15) is 48.3 Å². The van der Waals surface area contributed by atoms with Gasteiger partial charge in [0, 0.05) is 32.2 Å². The van der Waals surface area contributed by atoms with Crippen LogP contribution >= 0.6 is 0 Å². The standard InChI is InChI=1S/C25H34N2O/c1-19-8-13-23(20(2)18-19)21-9-11-22(12-10-21)26-14-16-27(17-15-26)24-6-4-5-7-25(24)28-3/h4-8,13,18,21-22H,9-12,14-17H2,1-3H3. The molecule has 4 rings (SSSR count). The summed E-state index contributed by atoms with van der Waals surface area (Å²) in [5, 5.41) is 0. The zero-order valence-corrected chi connectivity index (χ0v) is 17.7. The maximum atomic E-state index is 5.56. The van der Waals surface area contributed by atoms with E-state index in [9.17, 15) is 0 Å². The van der Waals surface area contributed by atoms with Gasteiger partial charge in [-0.05, 0) is 68.7 Å². The highest BCUT2D eigenvalue weighted by Gasteiger charge is 2.29. The molecule has 3 heteroatoms. The van der Waals surface area contributed by atoms with Crippen molar-refractivity contribution in [2.45, 2.75) is 51.5 Å². The monoisotopic (exact) mass is 378 g/mol. The van der Waals surface area contributed by atoms with Crippen molar-refractivity contribution in [3.63, 3.8) is 0 Å². The van der Waals surface area contributed by atoms with Gasteiger partial charge in [-0.25, -0.2) is 0 Å². The minimum absolute atomic E-state index is 0.756. The van der Waals surface area contributed by atoms with Crippen molar-refractivity contribution in [2.24, 2.45) is 0 Å². The predicted molar refractivity (Wildman–Crippen MR) is 118 cm³/mol. The molecule has 3 nitrogen and oxygen atoms in total. The Kier molecular flexibility index (Phi) is 5.91. The van der Waals surface area contributed by atoms with Gasteiger partial charge in [-0.1, -0.05) is 35.9 Å². The Morgan fingerprint density at radius 1 is 0.857 bits per heavy atom. The number of nitrogens with zero attached hydrogens (tertiary/aromatic N) is 2. The molecule has 2 aromatic rings. The highest BCUT2D eigenvalue weighted by molar-refractivity contribution is 5.58. The van der Waals surface area contributed by atoms with Crippen molar-refractivity contribution in [1.82, 2.24) is 4.90 Å². The third-order valence-corrected chi connectivity index (χ3v) is 6.82. The third kappa shape index (κ3) is 4.05. The molecule has 1 saturated carbocycles. The Morgan fingerprint density at radius 2 is 1.57 bits per heavy atom. The highest BCUT2D eigenvalue weighted by atomic mass is 16.5. The largest absolute Gasteiger partial charge is 0.495 e. The minimum Gasteiger partial charge on any atom is -0.495 e. The van der Waals surface area contributed by atoms with E-state index in [0.29, 0.717) is 0 Å². The van der Waals surface area contributed by atoms with Crippen molar-refractivity contribution < 1.29 is 4.74 Å². The van der Waals surface area contributed by atoms with E-state index in [2.05, 4.69) is 60.0 Å². The smallest absolute Gasteiger partial charge is 0.142 e. The second kappa shape index (κ2) is 8.57. The Bertz CT molecular complexity index is 787. The summed E-state index contributed by atoms with van der Waals surface area (Å²) in [6.45, 7) is 8.99. The molecule has 1 saturated heterocycles. The summed E-state index contributed by atoms with van der Waals surface area (Å²) in [5.41, 5.74) is 5.69. The topological polar surface area (TPSA) is 15.7 Å². The fourth-order valence-electron chi connectivity index (χ4n) is 5.25. The number of piperazine rings is 1. The molecule has 1 aliphatic carbocycles. The first-order valence-electron chi connectivity index (χ1n) is 10.8. The molecule has 0 unspecified atom stereocenters. The van der Waals surface area contributed by atoms with Gasteiger partial charge in [-0.2, -0.15) is 0 Å². The molecular formula is C25H34N2O. The van der Waals surface area contributed by atoms with E-state index in [1.807, 2.05) is 6.07 Å². The molecule has 1 heterocycles. The van der Waals surface area contributed by atoms with Crippen LogP contribution in [0.4, 0.5) is 5.69 Å². The predicted octanol–water partition coefficient (Wildman–Crippen LogP) is 5.16. The molecule has 0 N–H and O–H groups in total. The molecule has 0 bridgehead atoms. The van der Waals surface area contributed by atoms with Crippen LogP contribution in [0.3, 0.4) is 0 Å².